The molecule has 0 unspecified atom stereocenters. The average Bonchev–Trinajstić information content (AvgIpc) is 3.20. The molecule has 0 fully saturated rings. The van der Waals surface area contributed by atoms with E-state index in [9.17, 15) is 4.79 Å². The molecule has 1 aromatic carbocycles. The summed E-state index contributed by atoms with van der Waals surface area (Å²) in [4.78, 5) is 12.2. The Balaban J connectivity index is 1.65. The molecule has 1 N–H and O–H groups in total. The number of nitrogens with one attached hydrogen (secondary N) is 1. The molecule has 3 rings (SSSR count). The molecule has 0 aliphatic rings. The van der Waals surface area contributed by atoms with Crippen LogP contribution in [0, 0.1) is 6.92 Å². The number of anilines is 1. The fourth-order valence-electron chi connectivity index (χ4n) is 2.46. The van der Waals surface area contributed by atoms with Crippen molar-refractivity contribution in [3.63, 3.8) is 0 Å². The standard InChI is InChI=1S/C18H20N4O2/c1-3-6-16-9-17(21-24-16)18(23)20-15-10-19-22(12-15)11-14-8-5-4-7-13(14)2/h4-5,7-10,12H,3,6,11H2,1-2H3,(H,20,23). The summed E-state index contributed by atoms with van der Waals surface area (Å²) >= 11 is 0. The second-order valence-electron chi connectivity index (χ2n) is 5.74. The molecule has 24 heavy (non-hydrogen) atoms. The fourth-order valence-corrected chi connectivity index (χ4v) is 2.46. The van der Waals surface area contributed by atoms with Crippen molar-refractivity contribution < 1.29 is 9.32 Å². The lowest BCUT2D eigenvalue weighted by Crippen LogP contribution is -2.11. The van der Waals surface area contributed by atoms with Gasteiger partial charge in [-0.3, -0.25) is 9.48 Å². The predicted octanol–water partition coefficient (Wildman–Crippen LogP) is 3.43. The molecule has 2 aromatic heterocycles. The lowest BCUT2D eigenvalue weighted by atomic mass is 10.1. The van der Waals surface area contributed by atoms with E-state index in [4.69, 9.17) is 4.52 Å². The number of carbonyl (C=O) groups excluding carboxylic acids is 1. The molecule has 0 spiro atoms. The van der Waals surface area contributed by atoms with Crippen LogP contribution in [0.2, 0.25) is 0 Å². The SMILES string of the molecule is CCCc1cc(C(=O)Nc2cnn(Cc3ccccc3C)c2)no1. The summed E-state index contributed by atoms with van der Waals surface area (Å²) in [6.07, 6.45) is 5.15. The van der Waals surface area contributed by atoms with Gasteiger partial charge in [-0.05, 0) is 24.5 Å². The molecule has 0 aliphatic carbocycles. The third-order valence-corrected chi connectivity index (χ3v) is 3.77. The lowest BCUT2D eigenvalue weighted by molar-refractivity contribution is 0.101. The molecule has 0 bridgehead atoms. The van der Waals surface area contributed by atoms with Crippen molar-refractivity contribution in [3.05, 3.63) is 65.3 Å². The van der Waals surface area contributed by atoms with Gasteiger partial charge >= 0.3 is 0 Å². The molecule has 0 radical (unpaired) electrons. The van der Waals surface area contributed by atoms with Gasteiger partial charge in [0.05, 0.1) is 18.4 Å². The molecule has 0 saturated carbocycles. The van der Waals surface area contributed by atoms with Crippen LogP contribution >= 0.6 is 0 Å². The van der Waals surface area contributed by atoms with Crippen LogP contribution in [0.25, 0.3) is 0 Å². The van der Waals surface area contributed by atoms with E-state index >= 15 is 0 Å². The van der Waals surface area contributed by atoms with Crippen molar-refractivity contribution in [2.24, 2.45) is 0 Å². The van der Waals surface area contributed by atoms with Gasteiger partial charge in [-0.1, -0.05) is 36.3 Å². The topological polar surface area (TPSA) is 73.0 Å². The van der Waals surface area contributed by atoms with Gasteiger partial charge in [0.25, 0.3) is 5.91 Å². The summed E-state index contributed by atoms with van der Waals surface area (Å²) in [5, 5.41) is 10.9. The van der Waals surface area contributed by atoms with Crippen LogP contribution in [0.4, 0.5) is 5.69 Å². The number of aromatic nitrogens is 3. The number of nitrogens with zero attached hydrogens (tertiary/aromatic N) is 3. The van der Waals surface area contributed by atoms with Gasteiger partial charge in [0.15, 0.2) is 5.69 Å². The zero-order valence-electron chi connectivity index (χ0n) is 13.8. The summed E-state index contributed by atoms with van der Waals surface area (Å²) in [6.45, 7) is 4.78. The molecule has 0 aliphatic heterocycles. The third-order valence-electron chi connectivity index (χ3n) is 3.77. The maximum absolute atomic E-state index is 12.2. The zero-order chi connectivity index (χ0) is 16.9. The Bertz CT molecular complexity index is 835. The number of hydrogen-bond donors (Lipinski definition) is 1. The zero-order valence-corrected chi connectivity index (χ0v) is 13.8. The second kappa shape index (κ2) is 7.12. The molecule has 1 amide bonds. The number of amides is 1. The highest BCUT2D eigenvalue weighted by molar-refractivity contribution is 6.02. The highest BCUT2D eigenvalue weighted by atomic mass is 16.5. The van der Waals surface area contributed by atoms with Crippen molar-refractivity contribution in [1.29, 1.82) is 0 Å². The van der Waals surface area contributed by atoms with Crippen LogP contribution in [0.1, 0.15) is 40.7 Å². The number of hydrogen-bond acceptors (Lipinski definition) is 4. The number of benzene rings is 1. The summed E-state index contributed by atoms with van der Waals surface area (Å²) in [5.74, 6) is 0.425. The highest BCUT2D eigenvalue weighted by Crippen LogP contribution is 2.13. The van der Waals surface area contributed by atoms with Crippen molar-refractivity contribution in [1.82, 2.24) is 14.9 Å². The maximum Gasteiger partial charge on any atom is 0.277 e. The molecular weight excluding hydrogens is 304 g/mol. The van der Waals surface area contributed by atoms with Gasteiger partial charge in [0, 0.05) is 18.7 Å². The first-order valence-corrected chi connectivity index (χ1v) is 7.99. The first kappa shape index (κ1) is 16.0. The maximum atomic E-state index is 12.2. The Kier molecular flexibility index (Phi) is 4.74. The second-order valence-corrected chi connectivity index (χ2v) is 5.74. The van der Waals surface area contributed by atoms with Gasteiger partial charge in [-0.15, -0.1) is 0 Å². The van der Waals surface area contributed by atoms with Crippen molar-refractivity contribution in [3.8, 4) is 0 Å². The minimum Gasteiger partial charge on any atom is -0.361 e. The highest BCUT2D eigenvalue weighted by Gasteiger charge is 2.13. The smallest absolute Gasteiger partial charge is 0.277 e. The van der Waals surface area contributed by atoms with Crippen molar-refractivity contribution in [2.45, 2.75) is 33.2 Å². The quantitative estimate of drug-likeness (QED) is 0.754. The average molecular weight is 324 g/mol. The van der Waals surface area contributed by atoms with Crippen molar-refractivity contribution >= 4 is 11.6 Å². The van der Waals surface area contributed by atoms with Gasteiger partial charge < -0.3 is 9.84 Å². The van der Waals surface area contributed by atoms with Gasteiger partial charge in [0.2, 0.25) is 0 Å². The number of rotatable bonds is 6. The van der Waals surface area contributed by atoms with E-state index in [0.29, 0.717) is 12.2 Å². The predicted molar refractivity (Wildman–Crippen MR) is 91.0 cm³/mol. The number of aryl methyl sites for hydroxylation is 2. The van der Waals surface area contributed by atoms with E-state index in [1.807, 2.05) is 19.1 Å². The first-order valence-electron chi connectivity index (χ1n) is 7.99. The van der Waals surface area contributed by atoms with E-state index in [1.165, 1.54) is 11.1 Å². The Morgan fingerprint density at radius 1 is 1.33 bits per heavy atom. The third kappa shape index (κ3) is 3.71. The molecule has 6 heteroatoms. The molecule has 0 atom stereocenters. The Morgan fingerprint density at radius 2 is 2.17 bits per heavy atom. The lowest BCUT2D eigenvalue weighted by Gasteiger charge is -2.05. The fraction of sp³-hybridized carbons (Fsp3) is 0.278. The Hall–Kier alpha value is -2.89. The first-order chi connectivity index (χ1) is 11.7. The minimum atomic E-state index is -0.295. The Morgan fingerprint density at radius 3 is 2.96 bits per heavy atom. The normalized spacial score (nSPS) is 10.8. The van der Waals surface area contributed by atoms with E-state index in [0.717, 1.165) is 18.6 Å². The van der Waals surface area contributed by atoms with Crippen LogP contribution in [0.5, 0.6) is 0 Å². The van der Waals surface area contributed by atoms with Crippen LogP contribution in [0.15, 0.2) is 47.2 Å². The minimum absolute atomic E-state index is 0.283. The molecule has 2 heterocycles. The molecular formula is C18H20N4O2. The Labute approximate surface area is 140 Å². The van der Waals surface area contributed by atoms with E-state index in [-0.39, 0.29) is 11.6 Å². The van der Waals surface area contributed by atoms with E-state index in [2.05, 4.69) is 34.6 Å². The van der Waals surface area contributed by atoms with Crippen LogP contribution in [-0.4, -0.2) is 20.8 Å². The summed E-state index contributed by atoms with van der Waals surface area (Å²) in [7, 11) is 0. The van der Waals surface area contributed by atoms with E-state index < -0.39 is 0 Å². The summed E-state index contributed by atoms with van der Waals surface area (Å²) < 4.78 is 6.92. The van der Waals surface area contributed by atoms with E-state index in [1.54, 1.807) is 23.1 Å². The monoisotopic (exact) mass is 324 g/mol. The van der Waals surface area contributed by atoms with Gasteiger partial charge in [0.1, 0.15) is 5.76 Å². The summed E-state index contributed by atoms with van der Waals surface area (Å²) in [5.41, 5.74) is 3.32. The van der Waals surface area contributed by atoms with Crippen LogP contribution in [-0.2, 0) is 13.0 Å². The molecule has 0 saturated heterocycles. The largest absolute Gasteiger partial charge is 0.361 e. The van der Waals surface area contributed by atoms with Crippen LogP contribution in [0.3, 0.4) is 0 Å². The summed E-state index contributed by atoms with van der Waals surface area (Å²) in [6, 6.07) is 9.84. The van der Waals surface area contributed by atoms with Gasteiger partial charge in [-0.2, -0.15) is 5.10 Å². The molecule has 6 nitrogen and oxygen atoms in total. The van der Waals surface area contributed by atoms with Crippen molar-refractivity contribution in [2.75, 3.05) is 5.32 Å². The van der Waals surface area contributed by atoms with Gasteiger partial charge in [-0.25, -0.2) is 0 Å². The molecule has 124 valence electrons. The van der Waals surface area contributed by atoms with Crippen LogP contribution < -0.4 is 5.32 Å². The number of carbonyl (C=O) groups is 1. The molecule has 3 aromatic rings.